The molecule has 2 amide bonds. The number of carbonyl (C=O) groups is 3. The molecule has 0 unspecified atom stereocenters. The van der Waals surface area contributed by atoms with E-state index in [4.69, 9.17) is 9.47 Å². The third-order valence-corrected chi connectivity index (χ3v) is 12.8. The van der Waals surface area contributed by atoms with Crippen LogP contribution in [0, 0.1) is 0 Å². The van der Waals surface area contributed by atoms with E-state index in [2.05, 4.69) is 104 Å². The molecule has 1 aliphatic carbocycles. The van der Waals surface area contributed by atoms with Crippen LogP contribution in [-0.4, -0.2) is 61.0 Å². The van der Waals surface area contributed by atoms with Gasteiger partial charge < -0.3 is 14.4 Å². The van der Waals surface area contributed by atoms with Gasteiger partial charge >= 0.3 is 12.1 Å². The Hall–Kier alpha value is -6.38. The molecule has 59 heavy (non-hydrogen) atoms. The minimum atomic E-state index is -0.713. The first-order valence-electron chi connectivity index (χ1n) is 20.1. The Morgan fingerprint density at radius 2 is 1.22 bits per heavy atom. The van der Waals surface area contributed by atoms with Crippen molar-refractivity contribution in [2.75, 3.05) is 37.0 Å². The maximum absolute atomic E-state index is 14.9. The standard InChI is InChI=1S/C51H46N2O5S/c1-2-34-57-49(55)37-28-30-41(31-29-37)52(33-35-59-51(38-17-6-3-7-18-38,39-19-8-4-9-20-39)40-21-10-5-11-22-40)48(54)47-27-16-32-53(47)50(56)58-36-46-44-25-14-12-23-42(44)43-24-13-15-26-45(43)46/h2-15,17-26,28-31,46-47H,1,16,27,32-36H2/t47-/m0/s1. The second kappa shape index (κ2) is 18.0. The highest BCUT2D eigenvalue weighted by Gasteiger charge is 2.41. The first kappa shape index (κ1) is 39.4. The van der Waals surface area contributed by atoms with Crippen LogP contribution in [0.1, 0.15) is 56.9 Å². The van der Waals surface area contributed by atoms with Crippen LogP contribution in [0.4, 0.5) is 10.5 Å². The summed E-state index contributed by atoms with van der Waals surface area (Å²) in [5.41, 5.74) is 8.95. The molecule has 0 radical (unpaired) electrons. The topological polar surface area (TPSA) is 76.2 Å². The number of nitrogens with zero attached hydrogens (tertiary/aromatic N) is 2. The summed E-state index contributed by atoms with van der Waals surface area (Å²) in [5.74, 6) is -0.207. The molecule has 2 aliphatic rings. The fraction of sp³-hybridized carbons (Fsp3) is 0.196. The molecule has 1 saturated heterocycles. The van der Waals surface area contributed by atoms with Crippen LogP contribution in [0.2, 0.25) is 0 Å². The van der Waals surface area contributed by atoms with Crippen LogP contribution in [0.25, 0.3) is 11.1 Å². The minimum absolute atomic E-state index is 0.0903. The molecule has 1 heterocycles. The highest BCUT2D eigenvalue weighted by Crippen LogP contribution is 2.49. The molecule has 1 atom stereocenters. The molecule has 0 spiro atoms. The van der Waals surface area contributed by atoms with E-state index in [0.29, 0.717) is 42.9 Å². The smallest absolute Gasteiger partial charge is 0.410 e. The zero-order chi connectivity index (χ0) is 40.6. The van der Waals surface area contributed by atoms with Gasteiger partial charge in [-0.2, -0.15) is 0 Å². The second-order valence-corrected chi connectivity index (χ2v) is 16.0. The van der Waals surface area contributed by atoms with Crippen LogP contribution in [0.5, 0.6) is 0 Å². The number of likely N-dealkylation sites (tertiary alicyclic amines) is 1. The lowest BCUT2D eigenvalue weighted by Gasteiger charge is -2.36. The number of thioether (sulfide) groups is 1. The number of amides is 2. The highest BCUT2D eigenvalue weighted by atomic mass is 32.2. The van der Waals surface area contributed by atoms with Crippen molar-refractivity contribution in [3.8, 4) is 11.1 Å². The summed E-state index contributed by atoms with van der Waals surface area (Å²) in [6.07, 6.45) is 2.22. The van der Waals surface area contributed by atoms with Crippen molar-refractivity contribution in [2.45, 2.75) is 29.5 Å². The SMILES string of the molecule is C=CCOC(=O)c1ccc(N(CCSC(c2ccccc2)(c2ccccc2)c2ccccc2)C(=O)[C@@H]2CCCN2C(=O)OCC2c3ccccc3-c3ccccc32)cc1. The fourth-order valence-corrected chi connectivity index (χ4v) is 10.0. The average molecular weight is 799 g/mol. The molecule has 1 fully saturated rings. The molecule has 0 aromatic heterocycles. The van der Waals surface area contributed by atoms with Crippen molar-refractivity contribution < 1.29 is 23.9 Å². The van der Waals surface area contributed by atoms with Crippen LogP contribution in [0.3, 0.4) is 0 Å². The average Bonchev–Trinajstić information content (AvgIpc) is 3.92. The minimum Gasteiger partial charge on any atom is -0.458 e. The van der Waals surface area contributed by atoms with Crippen LogP contribution in [0.15, 0.2) is 176 Å². The van der Waals surface area contributed by atoms with E-state index in [1.807, 2.05) is 42.5 Å². The number of rotatable bonds is 14. The van der Waals surface area contributed by atoms with Gasteiger partial charge in [-0.1, -0.05) is 152 Å². The summed E-state index contributed by atoms with van der Waals surface area (Å²) in [4.78, 5) is 45.0. The predicted molar refractivity (Wildman–Crippen MR) is 236 cm³/mol. The first-order valence-corrected chi connectivity index (χ1v) is 21.1. The number of esters is 1. The molecule has 6 aromatic rings. The summed E-state index contributed by atoms with van der Waals surface area (Å²) in [7, 11) is 0. The summed E-state index contributed by atoms with van der Waals surface area (Å²) >= 11 is 1.76. The fourth-order valence-electron chi connectivity index (χ4n) is 8.52. The summed E-state index contributed by atoms with van der Waals surface area (Å²) in [5, 5.41) is 0. The van der Waals surface area contributed by atoms with Crippen molar-refractivity contribution >= 4 is 35.4 Å². The largest absolute Gasteiger partial charge is 0.458 e. The summed E-state index contributed by atoms with van der Waals surface area (Å²) in [6, 6.07) is 54.1. The zero-order valence-electron chi connectivity index (χ0n) is 32.8. The molecular formula is C51H46N2O5S. The van der Waals surface area contributed by atoms with Gasteiger partial charge in [-0.05, 0) is 76.1 Å². The lowest BCUT2D eigenvalue weighted by atomic mass is 9.84. The van der Waals surface area contributed by atoms with Gasteiger partial charge in [0.1, 0.15) is 19.3 Å². The molecule has 296 valence electrons. The molecular weight excluding hydrogens is 753 g/mol. The first-order chi connectivity index (χ1) is 29.0. The molecule has 0 saturated carbocycles. The van der Waals surface area contributed by atoms with Gasteiger partial charge in [-0.3, -0.25) is 9.69 Å². The number of hydrogen-bond acceptors (Lipinski definition) is 6. The summed E-state index contributed by atoms with van der Waals surface area (Å²) < 4.78 is 10.8. The van der Waals surface area contributed by atoms with Gasteiger partial charge in [0.15, 0.2) is 0 Å². The van der Waals surface area contributed by atoms with Crippen molar-refractivity contribution in [1.82, 2.24) is 4.90 Å². The lowest BCUT2D eigenvalue weighted by molar-refractivity contribution is -0.122. The van der Waals surface area contributed by atoms with Crippen LogP contribution < -0.4 is 4.90 Å². The Balaban J connectivity index is 1.07. The molecule has 6 aromatic carbocycles. The van der Waals surface area contributed by atoms with Crippen molar-refractivity contribution in [3.63, 3.8) is 0 Å². The van der Waals surface area contributed by atoms with Crippen LogP contribution >= 0.6 is 11.8 Å². The van der Waals surface area contributed by atoms with Gasteiger partial charge in [0.2, 0.25) is 5.91 Å². The van der Waals surface area contributed by atoms with E-state index in [1.165, 1.54) is 6.08 Å². The Morgan fingerprint density at radius 1 is 0.695 bits per heavy atom. The molecule has 8 heteroatoms. The third-order valence-electron chi connectivity index (χ3n) is 11.3. The number of ether oxygens (including phenoxy) is 2. The predicted octanol–water partition coefficient (Wildman–Crippen LogP) is 10.5. The number of anilines is 1. The van der Waals surface area contributed by atoms with Gasteiger partial charge in [-0.25, -0.2) is 9.59 Å². The number of benzene rings is 6. The van der Waals surface area contributed by atoms with Gasteiger partial charge in [0, 0.05) is 30.4 Å². The zero-order valence-corrected chi connectivity index (χ0v) is 33.6. The Morgan fingerprint density at radius 3 is 1.76 bits per heavy atom. The Kier molecular flexibility index (Phi) is 12.1. The van der Waals surface area contributed by atoms with Crippen molar-refractivity contribution in [2.24, 2.45) is 0 Å². The van der Waals surface area contributed by atoms with Crippen molar-refractivity contribution in [3.05, 3.63) is 210 Å². The van der Waals surface area contributed by atoms with E-state index < -0.39 is 22.9 Å². The van der Waals surface area contributed by atoms with Gasteiger partial charge in [0.05, 0.1) is 10.3 Å². The third kappa shape index (κ3) is 8.05. The van der Waals surface area contributed by atoms with E-state index in [0.717, 1.165) is 38.9 Å². The molecule has 1 aliphatic heterocycles. The number of hydrogen-bond donors (Lipinski definition) is 0. The lowest BCUT2D eigenvalue weighted by Crippen LogP contribution is -2.49. The molecule has 8 rings (SSSR count). The number of carbonyl (C=O) groups excluding carboxylic acids is 3. The van der Waals surface area contributed by atoms with E-state index in [1.54, 1.807) is 45.8 Å². The molecule has 0 bridgehead atoms. The highest BCUT2D eigenvalue weighted by molar-refractivity contribution is 8.00. The monoisotopic (exact) mass is 798 g/mol. The van der Waals surface area contributed by atoms with Gasteiger partial charge in [-0.15, -0.1) is 11.8 Å². The summed E-state index contributed by atoms with van der Waals surface area (Å²) in [6.45, 7) is 4.67. The normalized spacial score (nSPS) is 14.6. The van der Waals surface area contributed by atoms with Crippen LogP contribution in [-0.2, 0) is 19.0 Å². The molecule has 0 N–H and O–H groups in total. The quantitative estimate of drug-likeness (QED) is 0.0621. The molecule has 7 nitrogen and oxygen atoms in total. The number of fused-ring (bicyclic) bond motifs is 3. The van der Waals surface area contributed by atoms with E-state index >= 15 is 0 Å². The van der Waals surface area contributed by atoms with E-state index in [-0.39, 0.29) is 25.0 Å². The van der Waals surface area contributed by atoms with Gasteiger partial charge in [0.25, 0.3) is 0 Å². The maximum atomic E-state index is 14.9. The Labute approximate surface area is 350 Å². The maximum Gasteiger partial charge on any atom is 0.410 e. The van der Waals surface area contributed by atoms with Crippen molar-refractivity contribution in [1.29, 1.82) is 0 Å². The Bertz CT molecular complexity index is 2260. The van der Waals surface area contributed by atoms with E-state index in [9.17, 15) is 14.4 Å². The second-order valence-electron chi connectivity index (χ2n) is 14.7.